The normalized spacial score (nSPS) is 10.8. The van der Waals surface area contributed by atoms with E-state index in [1.165, 1.54) is 0 Å². The van der Waals surface area contributed by atoms with Gasteiger partial charge in [-0.3, -0.25) is 0 Å². The first-order valence-corrected chi connectivity index (χ1v) is 6.98. The first kappa shape index (κ1) is 14.4. The van der Waals surface area contributed by atoms with Crippen LogP contribution in [0.3, 0.4) is 0 Å². The van der Waals surface area contributed by atoms with E-state index in [0.717, 1.165) is 5.56 Å². The molecule has 0 saturated heterocycles. The summed E-state index contributed by atoms with van der Waals surface area (Å²) >= 11 is 5.86. The van der Waals surface area contributed by atoms with Gasteiger partial charge in [-0.25, -0.2) is 9.78 Å². The summed E-state index contributed by atoms with van der Waals surface area (Å²) in [5.74, 6) is -1.53. The van der Waals surface area contributed by atoms with E-state index in [1.807, 2.05) is 13.0 Å². The SMILES string of the molecule is Cc1cccc2c(C(=O)O)c(O)c(-c3ccc(Cl)cc3)nc12. The van der Waals surface area contributed by atoms with Gasteiger partial charge in [0.2, 0.25) is 0 Å². The van der Waals surface area contributed by atoms with Crippen molar-refractivity contribution < 1.29 is 15.0 Å². The van der Waals surface area contributed by atoms with Crippen LogP contribution >= 0.6 is 11.6 Å². The molecular weight excluding hydrogens is 302 g/mol. The second-order valence-corrected chi connectivity index (χ2v) is 5.40. The Bertz CT molecular complexity index is 889. The highest BCUT2D eigenvalue weighted by atomic mass is 35.5. The van der Waals surface area contributed by atoms with Gasteiger partial charge in [-0.05, 0) is 24.6 Å². The first-order chi connectivity index (χ1) is 10.5. The van der Waals surface area contributed by atoms with Crippen LogP contribution in [0.2, 0.25) is 5.02 Å². The van der Waals surface area contributed by atoms with Gasteiger partial charge in [-0.1, -0.05) is 41.9 Å². The van der Waals surface area contributed by atoms with Crippen LogP contribution in [0.25, 0.3) is 22.2 Å². The molecule has 2 N–H and O–H groups in total. The Kier molecular flexibility index (Phi) is 3.47. The number of nitrogens with zero attached hydrogens (tertiary/aromatic N) is 1. The molecule has 0 unspecified atom stereocenters. The summed E-state index contributed by atoms with van der Waals surface area (Å²) in [6, 6.07) is 12.0. The fraction of sp³-hybridized carbons (Fsp3) is 0.0588. The van der Waals surface area contributed by atoms with Crippen molar-refractivity contribution in [3.05, 3.63) is 58.6 Å². The van der Waals surface area contributed by atoms with Gasteiger partial charge >= 0.3 is 5.97 Å². The molecule has 0 saturated carbocycles. The zero-order chi connectivity index (χ0) is 15.9. The molecule has 3 rings (SSSR count). The van der Waals surface area contributed by atoms with Gasteiger partial charge in [0.15, 0.2) is 5.75 Å². The molecule has 0 aliphatic carbocycles. The second kappa shape index (κ2) is 5.31. The Morgan fingerprint density at radius 3 is 2.45 bits per heavy atom. The zero-order valence-corrected chi connectivity index (χ0v) is 12.4. The van der Waals surface area contributed by atoms with E-state index in [-0.39, 0.29) is 17.0 Å². The van der Waals surface area contributed by atoms with E-state index in [2.05, 4.69) is 4.98 Å². The van der Waals surface area contributed by atoms with E-state index in [9.17, 15) is 15.0 Å². The molecule has 0 atom stereocenters. The van der Waals surface area contributed by atoms with Gasteiger partial charge in [-0.2, -0.15) is 0 Å². The summed E-state index contributed by atoms with van der Waals surface area (Å²) in [6.07, 6.45) is 0. The minimum absolute atomic E-state index is 0.140. The predicted octanol–water partition coefficient (Wildman–Crippen LogP) is 4.27. The lowest BCUT2D eigenvalue weighted by Gasteiger charge is -2.12. The molecule has 5 heteroatoms. The van der Waals surface area contributed by atoms with E-state index in [1.54, 1.807) is 36.4 Å². The second-order valence-electron chi connectivity index (χ2n) is 4.97. The molecule has 22 heavy (non-hydrogen) atoms. The lowest BCUT2D eigenvalue weighted by Crippen LogP contribution is -2.02. The minimum Gasteiger partial charge on any atom is -0.505 e. The molecule has 0 amide bonds. The molecule has 0 fully saturated rings. The molecule has 1 aromatic heterocycles. The Balaban J connectivity index is 2.41. The number of carboxylic acid groups (broad SMARTS) is 1. The van der Waals surface area contributed by atoms with Crippen LogP contribution in [-0.2, 0) is 0 Å². The predicted molar refractivity (Wildman–Crippen MR) is 85.6 cm³/mol. The smallest absolute Gasteiger partial charge is 0.340 e. The van der Waals surface area contributed by atoms with Crippen molar-refractivity contribution in [1.82, 2.24) is 4.98 Å². The average Bonchev–Trinajstić information content (AvgIpc) is 2.47. The number of halogens is 1. The minimum atomic E-state index is -1.19. The highest BCUT2D eigenvalue weighted by Gasteiger charge is 2.21. The highest BCUT2D eigenvalue weighted by Crippen LogP contribution is 2.36. The van der Waals surface area contributed by atoms with Crippen LogP contribution in [0, 0.1) is 6.92 Å². The van der Waals surface area contributed by atoms with Gasteiger partial charge in [-0.15, -0.1) is 0 Å². The monoisotopic (exact) mass is 313 g/mol. The number of aryl methyl sites for hydroxylation is 1. The number of hydrogen-bond acceptors (Lipinski definition) is 3. The molecule has 0 radical (unpaired) electrons. The summed E-state index contributed by atoms with van der Waals surface area (Å²) < 4.78 is 0. The lowest BCUT2D eigenvalue weighted by molar-refractivity contribution is 0.0696. The Labute approximate surface area is 131 Å². The molecule has 2 aromatic carbocycles. The maximum absolute atomic E-state index is 11.6. The van der Waals surface area contributed by atoms with E-state index < -0.39 is 5.97 Å². The standard InChI is InChI=1S/C17H12ClNO3/c1-9-3-2-4-12-13(17(21)22)16(20)15(19-14(9)12)10-5-7-11(18)8-6-10/h2-8,20H,1H3,(H,21,22). The number of carbonyl (C=O) groups is 1. The van der Waals surface area contributed by atoms with E-state index in [0.29, 0.717) is 21.5 Å². The largest absolute Gasteiger partial charge is 0.505 e. The number of aromatic carboxylic acids is 1. The fourth-order valence-corrected chi connectivity index (χ4v) is 2.57. The van der Waals surface area contributed by atoms with Gasteiger partial charge in [0.05, 0.1) is 5.52 Å². The van der Waals surface area contributed by atoms with E-state index in [4.69, 9.17) is 11.6 Å². The summed E-state index contributed by atoms with van der Waals surface area (Å²) in [5, 5.41) is 20.8. The third-order valence-corrected chi connectivity index (χ3v) is 3.78. The van der Waals surface area contributed by atoms with Crippen molar-refractivity contribution >= 4 is 28.5 Å². The van der Waals surface area contributed by atoms with Gasteiger partial charge in [0, 0.05) is 16.0 Å². The third-order valence-electron chi connectivity index (χ3n) is 3.52. The van der Waals surface area contributed by atoms with Crippen LogP contribution in [0.5, 0.6) is 5.75 Å². The third kappa shape index (κ3) is 2.27. The Hall–Kier alpha value is -2.59. The number of fused-ring (bicyclic) bond motifs is 1. The molecule has 0 spiro atoms. The number of carboxylic acids is 1. The van der Waals surface area contributed by atoms with Crippen molar-refractivity contribution in [2.75, 3.05) is 0 Å². The number of pyridine rings is 1. The van der Waals surface area contributed by atoms with Gasteiger partial charge in [0.25, 0.3) is 0 Å². The molecular formula is C17H12ClNO3. The van der Waals surface area contributed by atoms with Gasteiger partial charge in [0.1, 0.15) is 11.3 Å². The summed E-state index contributed by atoms with van der Waals surface area (Å²) in [7, 11) is 0. The molecule has 0 aliphatic heterocycles. The van der Waals surface area contributed by atoms with Crippen LogP contribution in [-0.4, -0.2) is 21.2 Å². The van der Waals surface area contributed by atoms with Crippen molar-refractivity contribution in [3.63, 3.8) is 0 Å². The maximum Gasteiger partial charge on any atom is 0.340 e. The number of aromatic hydroxyl groups is 1. The van der Waals surface area contributed by atoms with Crippen LogP contribution < -0.4 is 0 Å². The molecule has 0 bridgehead atoms. The van der Waals surface area contributed by atoms with Gasteiger partial charge < -0.3 is 10.2 Å². The topological polar surface area (TPSA) is 70.4 Å². The van der Waals surface area contributed by atoms with Crippen LogP contribution in [0.15, 0.2) is 42.5 Å². The van der Waals surface area contributed by atoms with Crippen molar-refractivity contribution in [2.24, 2.45) is 0 Å². The van der Waals surface area contributed by atoms with Crippen molar-refractivity contribution in [2.45, 2.75) is 6.92 Å². The highest BCUT2D eigenvalue weighted by molar-refractivity contribution is 6.30. The van der Waals surface area contributed by atoms with E-state index >= 15 is 0 Å². The van der Waals surface area contributed by atoms with Crippen molar-refractivity contribution in [3.8, 4) is 17.0 Å². The molecule has 1 heterocycles. The zero-order valence-electron chi connectivity index (χ0n) is 11.7. The van der Waals surface area contributed by atoms with Crippen LogP contribution in [0.4, 0.5) is 0 Å². The summed E-state index contributed by atoms with van der Waals surface area (Å²) in [4.78, 5) is 16.0. The maximum atomic E-state index is 11.6. The number of benzene rings is 2. The number of aromatic nitrogens is 1. The Morgan fingerprint density at radius 2 is 1.82 bits per heavy atom. The van der Waals surface area contributed by atoms with Crippen LogP contribution in [0.1, 0.15) is 15.9 Å². The number of para-hydroxylation sites is 1. The molecule has 3 aromatic rings. The number of hydrogen-bond donors (Lipinski definition) is 2. The summed E-state index contributed by atoms with van der Waals surface area (Å²) in [6.45, 7) is 1.85. The lowest BCUT2D eigenvalue weighted by atomic mass is 10.0. The van der Waals surface area contributed by atoms with Crippen molar-refractivity contribution in [1.29, 1.82) is 0 Å². The molecule has 4 nitrogen and oxygen atoms in total. The number of rotatable bonds is 2. The molecule has 110 valence electrons. The first-order valence-electron chi connectivity index (χ1n) is 6.60. The average molecular weight is 314 g/mol. The summed E-state index contributed by atoms with van der Waals surface area (Å²) in [5.41, 5.74) is 2.10. The Morgan fingerprint density at radius 1 is 1.14 bits per heavy atom. The fourth-order valence-electron chi connectivity index (χ4n) is 2.45. The molecule has 0 aliphatic rings. The quantitative estimate of drug-likeness (QED) is 0.741.